The Morgan fingerprint density at radius 3 is 2.29 bits per heavy atom. The van der Waals surface area contributed by atoms with E-state index in [9.17, 15) is 5.11 Å². The minimum atomic E-state index is 0.258. The van der Waals surface area contributed by atoms with Crippen LogP contribution in [0.25, 0.3) is 11.3 Å². The topological polar surface area (TPSA) is 48.4 Å². The van der Waals surface area contributed by atoms with E-state index in [1.54, 1.807) is 23.5 Å². The van der Waals surface area contributed by atoms with Crippen LogP contribution < -0.4 is 10.2 Å². The van der Waals surface area contributed by atoms with Gasteiger partial charge in [0, 0.05) is 35.4 Å². The highest BCUT2D eigenvalue weighted by Crippen LogP contribution is 2.29. The molecule has 1 heterocycles. The van der Waals surface area contributed by atoms with E-state index >= 15 is 0 Å². The Morgan fingerprint density at radius 2 is 1.67 bits per heavy atom. The maximum Gasteiger partial charge on any atom is 0.187 e. The van der Waals surface area contributed by atoms with Crippen LogP contribution in [0.15, 0.2) is 53.9 Å². The van der Waals surface area contributed by atoms with Crippen LogP contribution in [-0.2, 0) is 0 Å². The predicted octanol–water partition coefficient (Wildman–Crippen LogP) is 5.11. The van der Waals surface area contributed by atoms with Gasteiger partial charge in [0.2, 0.25) is 0 Å². The number of nitrogens with zero attached hydrogens (tertiary/aromatic N) is 2. The van der Waals surface area contributed by atoms with Gasteiger partial charge >= 0.3 is 0 Å². The molecule has 5 heteroatoms. The molecule has 2 aromatic carbocycles. The molecule has 0 bridgehead atoms. The molecule has 0 amide bonds. The van der Waals surface area contributed by atoms with Crippen LogP contribution in [0.5, 0.6) is 5.75 Å². The van der Waals surface area contributed by atoms with E-state index in [1.165, 1.54) is 5.69 Å². The lowest BCUT2D eigenvalue weighted by Gasteiger charge is -2.20. The number of phenolic OH excluding ortho intramolecular Hbond substituents is 1. The van der Waals surface area contributed by atoms with Crippen molar-refractivity contribution in [3.8, 4) is 17.0 Å². The second kappa shape index (κ2) is 7.36. The van der Waals surface area contributed by atoms with Gasteiger partial charge in [0.25, 0.3) is 0 Å². The summed E-state index contributed by atoms with van der Waals surface area (Å²) < 4.78 is 0. The number of rotatable bonds is 6. The molecule has 3 rings (SSSR count). The van der Waals surface area contributed by atoms with Crippen molar-refractivity contribution in [2.24, 2.45) is 0 Å². The highest BCUT2D eigenvalue weighted by molar-refractivity contribution is 7.14. The zero-order chi connectivity index (χ0) is 16.9. The molecule has 24 heavy (non-hydrogen) atoms. The number of benzene rings is 2. The first-order valence-corrected chi connectivity index (χ1v) is 8.94. The van der Waals surface area contributed by atoms with E-state index in [0.717, 1.165) is 35.2 Å². The lowest BCUT2D eigenvalue weighted by atomic mass is 10.1. The molecule has 0 fully saturated rings. The number of hydrogen-bond donors (Lipinski definition) is 2. The lowest BCUT2D eigenvalue weighted by molar-refractivity contribution is 0.475. The van der Waals surface area contributed by atoms with Gasteiger partial charge < -0.3 is 15.3 Å². The fourth-order valence-electron chi connectivity index (χ4n) is 2.56. The fourth-order valence-corrected chi connectivity index (χ4v) is 3.30. The summed E-state index contributed by atoms with van der Waals surface area (Å²) in [5.41, 5.74) is 4.22. The van der Waals surface area contributed by atoms with Crippen molar-refractivity contribution in [3.05, 3.63) is 53.9 Å². The van der Waals surface area contributed by atoms with Crippen molar-refractivity contribution in [1.29, 1.82) is 0 Å². The predicted molar refractivity (Wildman–Crippen MR) is 103 cm³/mol. The standard InChI is InChI=1S/C19H21N3OS/c1-3-22(4-2)16-9-5-14(6-10-16)18-13-24-19(21-18)20-15-7-11-17(23)12-8-15/h5-13,23H,3-4H2,1-2H3,(H,20,21). The molecule has 0 unspecified atom stereocenters. The Bertz CT molecular complexity index is 777. The molecule has 0 aliphatic rings. The third-order valence-electron chi connectivity index (χ3n) is 3.91. The van der Waals surface area contributed by atoms with Crippen LogP contribution in [0.2, 0.25) is 0 Å². The summed E-state index contributed by atoms with van der Waals surface area (Å²) in [6.45, 7) is 6.35. The Balaban J connectivity index is 1.74. The molecule has 124 valence electrons. The van der Waals surface area contributed by atoms with Crippen LogP contribution in [0.1, 0.15) is 13.8 Å². The van der Waals surface area contributed by atoms with Gasteiger partial charge in [-0.3, -0.25) is 0 Å². The first-order chi connectivity index (χ1) is 11.7. The van der Waals surface area contributed by atoms with Crippen molar-refractivity contribution >= 4 is 27.8 Å². The van der Waals surface area contributed by atoms with Crippen molar-refractivity contribution in [2.45, 2.75) is 13.8 Å². The van der Waals surface area contributed by atoms with Crippen molar-refractivity contribution in [1.82, 2.24) is 4.98 Å². The van der Waals surface area contributed by atoms with Gasteiger partial charge in [-0.15, -0.1) is 11.3 Å². The zero-order valence-corrected chi connectivity index (χ0v) is 14.7. The summed E-state index contributed by atoms with van der Waals surface area (Å²) in [5.74, 6) is 0.258. The molecule has 4 nitrogen and oxygen atoms in total. The van der Waals surface area contributed by atoms with E-state index in [2.05, 4.69) is 58.7 Å². The third-order valence-corrected chi connectivity index (χ3v) is 4.67. The normalized spacial score (nSPS) is 10.6. The van der Waals surface area contributed by atoms with E-state index in [1.807, 2.05) is 12.1 Å². The number of phenols is 1. The molecule has 0 saturated carbocycles. The summed E-state index contributed by atoms with van der Waals surface area (Å²) in [7, 11) is 0. The Labute approximate surface area is 146 Å². The molecule has 1 aromatic heterocycles. The van der Waals surface area contributed by atoms with Gasteiger partial charge in [0.05, 0.1) is 5.69 Å². The molecule has 0 radical (unpaired) electrons. The van der Waals surface area contributed by atoms with Crippen LogP contribution in [-0.4, -0.2) is 23.2 Å². The summed E-state index contributed by atoms with van der Waals surface area (Å²) in [4.78, 5) is 6.97. The number of aromatic hydroxyl groups is 1. The summed E-state index contributed by atoms with van der Waals surface area (Å²) in [6, 6.07) is 15.5. The molecule has 0 aliphatic heterocycles. The molecular weight excluding hydrogens is 318 g/mol. The van der Waals surface area contributed by atoms with E-state index in [0.29, 0.717) is 0 Å². The third kappa shape index (κ3) is 3.68. The summed E-state index contributed by atoms with van der Waals surface area (Å²) in [6.07, 6.45) is 0. The molecule has 0 aliphatic carbocycles. The number of aromatic nitrogens is 1. The Morgan fingerprint density at radius 1 is 1.00 bits per heavy atom. The second-order valence-electron chi connectivity index (χ2n) is 5.43. The van der Waals surface area contributed by atoms with Gasteiger partial charge in [-0.25, -0.2) is 4.98 Å². The monoisotopic (exact) mass is 339 g/mol. The van der Waals surface area contributed by atoms with Gasteiger partial charge in [0.15, 0.2) is 5.13 Å². The average molecular weight is 339 g/mol. The Kier molecular flexibility index (Phi) is 5.01. The number of thiazole rings is 1. The van der Waals surface area contributed by atoms with Gasteiger partial charge in [-0.2, -0.15) is 0 Å². The molecule has 3 aromatic rings. The SMILES string of the molecule is CCN(CC)c1ccc(-c2csc(Nc3ccc(O)cc3)n2)cc1. The smallest absolute Gasteiger partial charge is 0.187 e. The molecule has 0 atom stereocenters. The number of hydrogen-bond acceptors (Lipinski definition) is 5. The van der Waals surface area contributed by atoms with Crippen LogP contribution in [0.3, 0.4) is 0 Å². The summed E-state index contributed by atoms with van der Waals surface area (Å²) >= 11 is 1.57. The first-order valence-electron chi connectivity index (χ1n) is 8.06. The minimum absolute atomic E-state index is 0.258. The van der Waals surface area contributed by atoms with Gasteiger partial charge in [0.1, 0.15) is 5.75 Å². The highest BCUT2D eigenvalue weighted by Gasteiger charge is 2.07. The number of nitrogens with one attached hydrogen (secondary N) is 1. The fraction of sp³-hybridized carbons (Fsp3) is 0.211. The van der Waals surface area contributed by atoms with E-state index in [4.69, 9.17) is 0 Å². The Hall–Kier alpha value is -2.53. The zero-order valence-electron chi connectivity index (χ0n) is 13.9. The second-order valence-corrected chi connectivity index (χ2v) is 6.29. The number of anilines is 3. The van der Waals surface area contributed by atoms with Gasteiger partial charge in [-0.1, -0.05) is 12.1 Å². The van der Waals surface area contributed by atoms with Gasteiger partial charge in [-0.05, 0) is 50.2 Å². The first kappa shape index (κ1) is 16.3. The minimum Gasteiger partial charge on any atom is -0.508 e. The average Bonchev–Trinajstić information content (AvgIpc) is 3.07. The maximum atomic E-state index is 9.33. The largest absolute Gasteiger partial charge is 0.508 e. The summed E-state index contributed by atoms with van der Waals surface area (Å²) in [5, 5.41) is 15.5. The molecular formula is C19H21N3OS. The van der Waals surface area contributed by atoms with Crippen molar-refractivity contribution in [2.75, 3.05) is 23.3 Å². The van der Waals surface area contributed by atoms with Crippen LogP contribution in [0.4, 0.5) is 16.5 Å². The van der Waals surface area contributed by atoms with Crippen molar-refractivity contribution < 1.29 is 5.11 Å². The van der Waals surface area contributed by atoms with Crippen LogP contribution >= 0.6 is 11.3 Å². The molecule has 0 saturated heterocycles. The van der Waals surface area contributed by atoms with Crippen LogP contribution in [0, 0.1) is 0 Å². The lowest BCUT2D eigenvalue weighted by Crippen LogP contribution is -2.21. The van der Waals surface area contributed by atoms with Crippen molar-refractivity contribution in [3.63, 3.8) is 0 Å². The molecule has 0 spiro atoms. The van der Waals surface area contributed by atoms with E-state index in [-0.39, 0.29) is 5.75 Å². The maximum absolute atomic E-state index is 9.33. The van der Waals surface area contributed by atoms with E-state index < -0.39 is 0 Å². The quantitative estimate of drug-likeness (QED) is 0.613. The highest BCUT2D eigenvalue weighted by atomic mass is 32.1. The molecule has 2 N–H and O–H groups in total.